The summed E-state index contributed by atoms with van der Waals surface area (Å²) in [6.45, 7) is 26.1. The van der Waals surface area contributed by atoms with Crippen molar-refractivity contribution in [1.29, 1.82) is 0 Å². The van der Waals surface area contributed by atoms with E-state index in [4.69, 9.17) is 5.10 Å². The topological polar surface area (TPSA) is 55.8 Å². The largest absolute Gasteiger partial charge is 1.00 e. The van der Waals surface area contributed by atoms with E-state index in [9.17, 15) is 10.2 Å². The first-order chi connectivity index (χ1) is 18.2. The Bertz CT molecular complexity index is 1280. The summed E-state index contributed by atoms with van der Waals surface area (Å²) in [7, 11) is 0. The molecule has 0 aromatic heterocycles. The standard InChI is InChI=1S/C36H54N2O2.2ClH.Mn/c1-33(2,3)26-18-24(31(39)29(20-26)35(7,8)9)22-37-38(28-16-14-13-15-17-28)23-25-19-27(34(4,5)6)21-30(32(25)40)36(10,11)12;;;/h18-23,28H,13-17H2,1-12H3,(H,37,39);2*1H;/p-1. The maximum atomic E-state index is 11.5. The van der Waals surface area contributed by atoms with Gasteiger partial charge in [-0.15, -0.1) is 0 Å². The summed E-state index contributed by atoms with van der Waals surface area (Å²) < 4.78 is 2.05. The molecule has 243 valence electrons. The fourth-order valence-corrected chi connectivity index (χ4v) is 5.37. The van der Waals surface area contributed by atoms with Crippen molar-refractivity contribution >= 4 is 12.4 Å². The summed E-state index contributed by atoms with van der Waals surface area (Å²) >= 11 is 0. The minimum atomic E-state index is -0.203. The number of phenolic OH excluding ortho intramolecular Hbond substituents is 2. The Hall–Kier alpha value is -1.52. The Balaban J connectivity index is 0.00000588. The second-order valence-electron chi connectivity index (χ2n) is 16.0. The number of nitrogens with zero attached hydrogens (tertiary/aromatic N) is 2. The molecule has 43 heavy (non-hydrogen) atoms. The van der Waals surface area contributed by atoms with Crippen molar-refractivity contribution < 1.29 is 56.8 Å². The smallest absolute Gasteiger partial charge is 0.207 e. The van der Waals surface area contributed by atoms with Gasteiger partial charge in [0.25, 0.3) is 0 Å². The quantitative estimate of drug-likeness (QED) is 0.227. The summed E-state index contributed by atoms with van der Waals surface area (Å²) in [6.07, 6.45) is 9.55. The van der Waals surface area contributed by atoms with Gasteiger partial charge in [0, 0.05) is 46.6 Å². The summed E-state index contributed by atoms with van der Waals surface area (Å²) in [5.41, 5.74) is 5.25. The number of hydrogen-bond donors (Lipinski definition) is 2. The molecule has 2 N–H and O–H groups in total. The van der Waals surface area contributed by atoms with Gasteiger partial charge in [-0.1, -0.05) is 106 Å². The van der Waals surface area contributed by atoms with Crippen molar-refractivity contribution in [2.75, 3.05) is 0 Å². The van der Waals surface area contributed by atoms with Crippen LogP contribution in [-0.2, 0) is 38.7 Å². The average Bonchev–Trinajstić information content (AvgIpc) is 2.81. The molecule has 3 rings (SSSR count). The number of hydrazone groups is 1. The average molecular weight is 674 g/mol. The number of hydrogen-bond acceptors (Lipinski definition) is 3. The molecule has 0 amide bonds. The van der Waals surface area contributed by atoms with E-state index in [0.29, 0.717) is 11.5 Å². The van der Waals surface area contributed by atoms with Crippen LogP contribution in [0.4, 0.5) is 0 Å². The van der Waals surface area contributed by atoms with Crippen LogP contribution < -0.4 is 24.8 Å². The summed E-state index contributed by atoms with van der Waals surface area (Å²) in [4.78, 5) is 0. The van der Waals surface area contributed by atoms with Crippen LogP contribution in [0.3, 0.4) is 0 Å². The van der Waals surface area contributed by atoms with Gasteiger partial charge < -0.3 is 35.0 Å². The van der Waals surface area contributed by atoms with Crippen LogP contribution in [0.5, 0.6) is 11.5 Å². The number of halogens is 2. The van der Waals surface area contributed by atoms with E-state index in [0.717, 1.165) is 35.1 Å². The van der Waals surface area contributed by atoms with Gasteiger partial charge in [-0.3, -0.25) is 0 Å². The van der Waals surface area contributed by atoms with Crippen LogP contribution in [0.1, 0.15) is 149 Å². The summed E-state index contributed by atoms with van der Waals surface area (Å²) in [5, 5.41) is 27.9. The Morgan fingerprint density at radius 2 is 1.02 bits per heavy atom. The van der Waals surface area contributed by atoms with Gasteiger partial charge >= 0.3 is 0 Å². The van der Waals surface area contributed by atoms with Crippen molar-refractivity contribution in [1.82, 2.24) is 0 Å². The molecule has 4 nitrogen and oxygen atoms in total. The third-order valence-corrected chi connectivity index (χ3v) is 8.18. The number of aromatic hydroxyl groups is 2. The van der Waals surface area contributed by atoms with Crippen molar-refractivity contribution in [2.45, 2.75) is 143 Å². The molecular formula is C36H55Cl2MnN2O2-. The minimum absolute atomic E-state index is 0. The molecular weight excluding hydrogens is 618 g/mol. The molecule has 2 aromatic carbocycles. The third kappa shape index (κ3) is 10.5. The SMILES string of the molecule is CC(C)(C)c1cc(C=N[N+](=Cc2cc(C(C)(C)C)cc(C(C)(C)C)c2O)C2CCCCC2)c(O)c(C(C)(C)C)c1.[Cl-].[Cl-].[Mn]. The number of phenols is 2. The molecule has 0 atom stereocenters. The normalized spacial score (nSPS) is 15.5. The van der Waals surface area contributed by atoms with Crippen LogP contribution in [-0.4, -0.2) is 33.4 Å². The van der Waals surface area contributed by atoms with Crippen molar-refractivity contribution in [3.05, 3.63) is 57.6 Å². The predicted octanol–water partition coefficient (Wildman–Crippen LogP) is 3.09. The molecule has 1 aliphatic rings. The van der Waals surface area contributed by atoms with E-state index in [1.807, 2.05) is 17.1 Å². The van der Waals surface area contributed by atoms with Crippen LogP contribution in [0.2, 0.25) is 0 Å². The van der Waals surface area contributed by atoms with Crippen LogP contribution in [0.15, 0.2) is 29.4 Å². The zero-order chi connectivity index (χ0) is 30.3. The van der Waals surface area contributed by atoms with Crippen molar-refractivity contribution in [2.24, 2.45) is 5.10 Å². The first-order valence-electron chi connectivity index (χ1n) is 15.1. The molecule has 2 aromatic rings. The summed E-state index contributed by atoms with van der Waals surface area (Å²) in [6, 6.07) is 8.73. The fourth-order valence-electron chi connectivity index (χ4n) is 5.37. The van der Waals surface area contributed by atoms with Crippen LogP contribution in [0.25, 0.3) is 0 Å². The molecule has 0 spiro atoms. The maximum Gasteiger partial charge on any atom is 0.207 e. The van der Waals surface area contributed by atoms with Gasteiger partial charge in [-0.25, -0.2) is 0 Å². The zero-order valence-corrected chi connectivity index (χ0v) is 31.2. The molecule has 0 unspecified atom stereocenters. The van der Waals surface area contributed by atoms with Crippen LogP contribution in [0, 0.1) is 0 Å². The Morgan fingerprint density at radius 1 is 0.628 bits per heavy atom. The minimum Gasteiger partial charge on any atom is -1.00 e. The second kappa shape index (κ2) is 15.2. The first-order valence-corrected chi connectivity index (χ1v) is 15.1. The Kier molecular flexibility index (Phi) is 14.6. The van der Waals surface area contributed by atoms with Gasteiger partial charge in [0.2, 0.25) is 6.21 Å². The molecule has 1 aliphatic carbocycles. The van der Waals surface area contributed by atoms with Gasteiger partial charge in [-0.2, -0.15) is 0 Å². The molecule has 0 aliphatic heterocycles. The predicted molar refractivity (Wildman–Crippen MR) is 171 cm³/mol. The van der Waals surface area contributed by atoms with Gasteiger partial charge in [0.1, 0.15) is 17.7 Å². The molecule has 1 saturated carbocycles. The molecule has 1 fully saturated rings. The molecule has 0 heterocycles. The third-order valence-electron chi connectivity index (χ3n) is 8.18. The second-order valence-corrected chi connectivity index (χ2v) is 16.0. The van der Waals surface area contributed by atoms with Gasteiger partial charge in [-0.05, 0) is 62.9 Å². The zero-order valence-electron chi connectivity index (χ0n) is 28.5. The van der Waals surface area contributed by atoms with Gasteiger partial charge in [0.15, 0.2) is 6.04 Å². The Labute approximate surface area is 285 Å². The molecule has 0 saturated heterocycles. The fraction of sp³-hybridized carbons (Fsp3) is 0.611. The van der Waals surface area contributed by atoms with E-state index in [2.05, 4.69) is 107 Å². The summed E-state index contributed by atoms with van der Waals surface area (Å²) in [5.74, 6) is 0.615. The Morgan fingerprint density at radius 3 is 1.42 bits per heavy atom. The van der Waals surface area contributed by atoms with E-state index in [1.165, 1.54) is 30.4 Å². The van der Waals surface area contributed by atoms with E-state index >= 15 is 0 Å². The first kappa shape index (κ1) is 41.5. The molecule has 0 bridgehead atoms. The number of rotatable bonds is 4. The monoisotopic (exact) mass is 672 g/mol. The van der Waals surface area contributed by atoms with E-state index in [1.54, 1.807) is 0 Å². The van der Waals surface area contributed by atoms with Crippen molar-refractivity contribution in [3.63, 3.8) is 0 Å². The molecule has 1 radical (unpaired) electrons. The maximum absolute atomic E-state index is 11.5. The van der Waals surface area contributed by atoms with Crippen molar-refractivity contribution in [3.8, 4) is 11.5 Å². The van der Waals surface area contributed by atoms with E-state index < -0.39 is 0 Å². The number of benzene rings is 2. The molecule has 7 heteroatoms. The van der Waals surface area contributed by atoms with E-state index in [-0.39, 0.29) is 69.6 Å². The van der Waals surface area contributed by atoms with Crippen LogP contribution >= 0.6 is 0 Å². The van der Waals surface area contributed by atoms with Gasteiger partial charge in [0.05, 0.1) is 5.56 Å².